The van der Waals surface area contributed by atoms with Gasteiger partial charge in [-0.2, -0.15) is 0 Å². The molecule has 2 saturated carbocycles. The van der Waals surface area contributed by atoms with Crippen molar-refractivity contribution in [1.82, 2.24) is 18.7 Å². The number of fused-ring (bicyclic) bond motifs is 2. The van der Waals surface area contributed by atoms with Gasteiger partial charge in [0.2, 0.25) is 0 Å². The first-order valence-corrected chi connectivity index (χ1v) is 9.63. The van der Waals surface area contributed by atoms with Crippen molar-refractivity contribution in [2.45, 2.75) is 56.8 Å². The van der Waals surface area contributed by atoms with Gasteiger partial charge in [-0.05, 0) is 25.7 Å². The Hall–Kier alpha value is -2.64. The van der Waals surface area contributed by atoms with Crippen molar-refractivity contribution in [3.63, 3.8) is 0 Å². The first-order chi connectivity index (χ1) is 12.9. The molecular formula is C19H20N4O4. The van der Waals surface area contributed by atoms with Gasteiger partial charge in [0.15, 0.2) is 0 Å². The second-order valence-electron chi connectivity index (χ2n) is 8.61. The van der Waals surface area contributed by atoms with Gasteiger partial charge in [0.25, 0.3) is 22.2 Å². The van der Waals surface area contributed by atoms with Gasteiger partial charge >= 0.3 is 0 Å². The second kappa shape index (κ2) is 4.61. The van der Waals surface area contributed by atoms with Crippen LogP contribution in [0.4, 0.5) is 0 Å². The summed E-state index contributed by atoms with van der Waals surface area (Å²) in [5.41, 5.74) is -0.983. The third-order valence-corrected chi connectivity index (χ3v) is 7.78. The molecule has 6 heterocycles. The minimum absolute atomic E-state index is 0.0639. The van der Waals surface area contributed by atoms with Gasteiger partial charge in [0, 0.05) is 35.6 Å². The summed E-state index contributed by atoms with van der Waals surface area (Å²) >= 11 is 0. The van der Waals surface area contributed by atoms with Crippen LogP contribution >= 0.6 is 0 Å². The van der Waals surface area contributed by atoms with E-state index in [1.165, 1.54) is 24.3 Å². The Kier molecular flexibility index (Phi) is 2.63. The smallest absolute Gasteiger partial charge is 0.265 e. The lowest BCUT2D eigenvalue weighted by Gasteiger charge is -2.66. The highest BCUT2D eigenvalue weighted by molar-refractivity contribution is 5.17. The maximum absolute atomic E-state index is 12.7. The van der Waals surface area contributed by atoms with Gasteiger partial charge in [0.05, 0.1) is 24.2 Å². The lowest BCUT2D eigenvalue weighted by atomic mass is 9.50. The standard InChI is InChI=1S/C19H20N4O4/c1-19-12-4-2-10(20-14(24)6-8-16(26)22(12)20)18(19)11-3-5-13(19)23-17(27)9-7-15(25)21(11)23/h6-13,18H,2-5H2,1H3/t10-,11+,12+,13-,18?,19?. The third-order valence-electron chi connectivity index (χ3n) is 7.78. The molecule has 27 heavy (non-hydrogen) atoms. The van der Waals surface area contributed by atoms with Crippen LogP contribution in [-0.2, 0) is 0 Å². The topological polar surface area (TPSA) is 88.0 Å². The van der Waals surface area contributed by atoms with Crippen molar-refractivity contribution in [3.05, 3.63) is 65.7 Å². The van der Waals surface area contributed by atoms with E-state index < -0.39 is 0 Å². The summed E-state index contributed by atoms with van der Waals surface area (Å²) in [5, 5.41) is 0. The summed E-state index contributed by atoms with van der Waals surface area (Å²) in [6.07, 6.45) is 3.28. The van der Waals surface area contributed by atoms with Gasteiger partial charge in [-0.3, -0.25) is 19.2 Å². The highest BCUT2D eigenvalue weighted by atomic mass is 16.2. The van der Waals surface area contributed by atoms with Crippen molar-refractivity contribution in [1.29, 1.82) is 0 Å². The highest BCUT2D eigenvalue weighted by Gasteiger charge is 2.66. The molecule has 8 heteroatoms. The molecule has 8 rings (SSSR count). The van der Waals surface area contributed by atoms with Crippen molar-refractivity contribution >= 4 is 0 Å². The van der Waals surface area contributed by atoms with E-state index in [1.54, 1.807) is 18.7 Å². The van der Waals surface area contributed by atoms with Crippen LogP contribution in [0, 0.1) is 11.3 Å². The Bertz CT molecular complexity index is 1140. The zero-order valence-corrected chi connectivity index (χ0v) is 14.9. The van der Waals surface area contributed by atoms with Crippen LogP contribution in [0.1, 0.15) is 56.8 Å². The molecule has 0 radical (unpaired) electrons. The molecule has 0 spiro atoms. The van der Waals surface area contributed by atoms with Crippen LogP contribution in [0.25, 0.3) is 0 Å². The average Bonchev–Trinajstić information content (AvgIpc) is 2.67. The van der Waals surface area contributed by atoms with Crippen LogP contribution in [0.5, 0.6) is 0 Å². The fourth-order valence-corrected chi connectivity index (χ4v) is 6.98. The SMILES string of the molecule is CC12C([C@H]3CC[C@@H]1n1c(=O)ccc(=O)n13)[C@@H]1CC[C@H]2n2c(=O)ccc(=O)n21. The molecule has 4 bridgehead atoms. The maximum atomic E-state index is 12.7. The summed E-state index contributed by atoms with van der Waals surface area (Å²) in [6, 6.07) is 4.88. The fourth-order valence-electron chi connectivity index (χ4n) is 6.98. The van der Waals surface area contributed by atoms with Gasteiger partial charge in [-0.25, -0.2) is 18.7 Å². The van der Waals surface area contributed by atoms with Gasteiger partial charge in [0.1, 0.15) is 0 Å². The molecule has 0 amide bonds. The molecule has 6 aliphatic rings. The van der Waals surface area contributed by atoms with Crippen molar-refractivity contribution in [3.8, 4) is 0 Å². The molecule has 0 saturated heterocycles. The predicted octanol–water partition coefficient (Wildman–Crippen LogP) is 0.435. The average molecular weight is 368 g/mol. The zero-order chi connectivity index (χ0) is 18.7. The zero-order valence-electron chi connectivity index (χ0n) is 14.9. The lowest BCUT2D eigenvalue weighted by molar-refractivity contribution is -0.177. The van der Waals surface area contributed by atoms with E-state index in [4.69, 9.17) is 0 Å². The molecule has 6 atom stereocenters. The Labute approximate surface area is 153 Å². The second-order valence-corrected chi connectivity index (χ2v) is 8.61. The molecule has 2 aliphatic carbocycles. The quantitative estimate of drug-likeness (QED) is 0.675. The van der Waals surface area contributed by atoms with Crippen LogP contribution in [0.2, 0.25) is 0 Å². The number of nitrogens with zero attached hydrogens (tertiary/aromatic N) is 4. The molecule has 2 aromatic rings. The minimum Gasteiger partial charge on any atom is -0.268 e. The van der Waals surface area contributed by atoms with Crippen molar-refractivity contribution < 1.29 is 0 Å². The number of hydrogen-bond donors (Lipinski definition) is 0. The molecule has 0 N–H and O–H groups in total. The fraction of sp³-hybridized carbons (Fsp3) is 0.579. The third kappa shape index (κ3) is 1.53. The molecule has 2 unspecified atom stereocenters. The number of aromatic nitrogens is 4. The molecule has 2 fully saturated rings. The van der Waals surface area contributed by atoms with E-state index in [0.717, 1.165) is 25.7 Å². The number of rotatable bonds is 0. The minimum atomic E-state index is -0.332. The van der Waals surface area contributed by atoms with Gasteiger partial charge in [-0.15, -0.1) is 0 Å². The van der Waals surface area contributed by atoms with E-state index >= 15 is 0 Å². The van der Waals surface area contributed by atoms with Crippen LogP contribution < -0.4 is 22.2 Å². The summed E-state index contributed by atoms with van der Waals surface area (Å²) in [6.45, 7) is 2.16. The molecule has 0 aromatic carbocycles. The first kappa shape index (κ1) is 15.4. The van der Waals surface area contributed by atoms with Crippen molar-refractivity contribution in [2.75, 3.05) is 0 Å². The lowest BCUT2D eigenvalue weighted by Crippen LogP contribution is -2.69. The van der Waals surface area contributed by atoms with Crippen molar-refractivity contribution in [2.24, 2.45) is 11.3 Å². The van der Waals surface area contributed by atoms with Gasteiger partial charge < -0.3 is 0 Å². The first-order valence-electron chi connectivity index (χ1n) is 9.63. The van der Waals surface area contributed by atoms with Crippen LogP contribution in [-0.4, -0.2) is 18.7 Å². The van der Waals surface area contributed by atoms with E-state index in [0.29, 0.717) is 0 Å². The number of hydrogen-bond acceptors (Lipinski definition) is 4. The molecular weight excluding hydrogens is 348 g/mol. The molecule has 4 aliphatic heterocycles. The highest BCUT2D eigenvalue weighted by Crippen LogP contribution is 2.68. The van der Waals surface area contributed by atoms with E-state index in [1.807, 2.05) is 0 Å². The summed E-state index contributed by atoms with van der Waals surface area (Å²) < 4.78 is 6.56. The summed E-state index contributed by atoms with van der Waals surface area (Å²) in [4.78, 5) is 50.6. The Morgan fingerprint density at radius 3 is 1.44 bits per heavy atom. The monoisotopic (exact) mass is 368 g/mol. The normalized spacial score (nSPS) is 37.6. The van der Waals surface area contributed by atoms with Crippen LogP contribution in [0.3, 0.4) is 0 Å². The molecule has 2 aromatic heterocycles. The Morgan fingerprint density at radius 2 is 1.04 bits per heavy atom. The maximum Gasteiger partial charge on any atom is 0.265 e. The molecule has 8 nitrogen and oxygen atoms in total. The molecule has 140 valence electrons. The Balaban J connectivity index is 1.72. The van der Waals surface area contributed by atoms with Crippen LogP contribution in [0.15, 0.2) is 43.4 Å². The van der Waals surface area contributed by atoms with Gasteiger partial charge in [-0.1, -0.05) is 6.92 Å². The predicted molar refractivity (Wildman–Crippen MR) is 96.1 cm³/mol. The van der Waals surface area contributed by atoms with E-state index in [-0.39, 0.29) is 57.7 Å². The van der Waals surface area contributed by atoms with E-state index in [9.17, 15) is 19.2 Å². The largest absolute Gasteiger partial charge is 0.268 e. The summed E-state index contributed by atoms with van der Waals surface area (Å²) in [5.74, 6) is 0.0639. The van der Waals surface area contributed by atoms with E-state index in [2.05, 4.69) is 6.92 Å². The Morgan fingerprint density at radius 1 is 0.667 bits per heavy atom. The summed E-state index contributed by atoms with van der Waals surface area (Å²) in [7, 11) is 0.